The maximum atomic E-state index is 11.1. The molecule has 1 aliphatic rings. The van der Waals surface area contributed by atoms with Gasteiger partial charge in [0.25, 0.3) is 0 Å². The van der Waals surface area contributed by atoms with Crippen molar-refractivity contribution < 1.29 is 23.6 Å². The predicted octanol–water partition coefficient (Wildman–Crippen LogP) is -2.65. The highest BCUT2D eigenvalue weighted by Gasteiger charge is 2.38. The number of sulfone groups is 1. The van der Waals surface area contributed by atoms with Crippen LogP contribution in [0, 0.1) is 0 Å². The Bertz CT molecular complexity index is 251. The number of hydrogen-bond acceptors (Lipinski definition) is 4. The van der Waals surface area contributed by atoms with Crippen molar-refractivity contribution in [3.63, 3.8) is 0 Å². The quantitative estimate of drug-likeness (QED) is 0.497. The van der Waals surface area contributed by atoms with Crippen molar-refractivity contribution in [1.29, 1.82) is 0 Å². The third kappa shape index (κ3) is 3.22. The Morgan fingerprint density at radius 2 is 2.23 bits per heavy atom. The molecular formula is C7H16NO4S+. The monoisotopic (exact) mass is 210 g/mol. The molecule has 3 N–H and O–H groups in total. The van der Waals surface area contributed by atoms with Gasteiger partial charge in [0.1, 0.15) is 17.9 Å². The Hall–Kier alpha value is -0.170. The van der Waals surface area contributed by atoms with Crippen molar-refractivity contribution in [1.82, 2.24) is 0 Å². The van der Waals surface area contributed by atoms with Gasteiger partial charge < -0.3 is 15.2 Å². The van der Waals surface area contributed by atoms with Gasteiger partial charge in [0, 0.05) is 7.11 Å². The zero-order valence-electron chi connectivity index (χ0n) is 7.64. The summed E-state index contributed by atoms with van der Waals surface area (Å²) >= 11 is 0. The largest absolute Gasteiger partial charge is 0.386 e. The summed E-state index contributed by atoms with van der Waals surface area (Å²) in [6.45, 7) is 1.26. The van der Waals surface area contributed by atoms with Crippen LogP contribution < -0.4 is 5.32 Å². The average Bonchev–Trinajstić information content (AvgIpc) is 2.25. The Morgan fingerprint density at radius 3 is 2.69 bits per heavy atom. The summed E-state index contributed by atoms with van der Waals surface area (Å²) < 4.78 is 27.0. The molecule has 0 aliphatic carbocycles. The maximum Gasteiger partial charge on any atom is 0.159 e. The lowest BCUT2D eigenvalue weighted by molar-refractivity contribution is -0.691. The lowest BCUT2D eigenvalue weighted by atomic mass is 10.2. The smallest absolute Gasteiger partial charge is 0.159 e. The van der Waals surface area contributed by atoms with E-state index in [9.17, 15) is 13.5 Å². The first-order valence-corrected chi connectivity index (χ1v) is 6.08. The van der Waals surface area contributed by atoms with Crippen LogP contribution in [0.15, 0.2) is 0 Å². The summed E-state index contributed by atoms with van der Waals surface area (Å²) in [5, 5.41) is 11.2. The summed E-state index contributed by atoms with van der Waals surface area (Å²) in [6, 6.07) is -0.208. The highest BCUT2D eigenvalue weighted by Crippen LogP contribution is 2.08. The molecule has 5 nitrogen and oxygen atoms in total. The molecule has 1 aliphatic heterocycles. The van der Waals surface area contributed by atoms with Crippen LogP contribution in [0.1, 0.15) is 0 Å². The van der Waals surface area contributed by atoms with Crippen LogP contribution >= 0.6 is 0 Å². The molecule has 0 aromatic heterocycles. The summed E-state index contributed by atoms with van der Waals surface area (Å²) in [5.74, 6) is -0.0149. The van der Waals surface area contributed by atoms with Gasteiger partial charge in [0.15, 0.2) is 9.84 Å². The highest BCUT2D eigenvalue weighted by molar-refractivity contribution is 7.91. The van der Waals surface area contributed by atoms with E-state index in [1.54, 1.807) is 7.11 Å². The Labute approximate surface area is 78.0 Å². The molecule has 6 heteroatoms. The predicted molar refractivity (Wildman–Crippen MR) is 47.1 cm³/mol. The molecule has 78 valence electrons. The lowest BCUT2D eigenvalue weighted by Gasteiger charge is -2.10. The second kappa shape index (κ2) is 4.36. The van der Waals surface area contributed by atoms with E-state index in [0.717, 1.165) is 0 Å². The molecule has 0 unspecified atom stereocenters. The molecule has 1 heterocycles. The van der Waals surface area contributed by atoms with Crippen LogP contribution in [-0.2, 0) is 14.6 Å². The van der Waals surface area contributed by atoms with Crippen molar-refractivity contribution in [3.8, 4) is 0 Å². The molecule has 0 bridgehead atoms. The molecule has 1 saturated heterocycles. The second-order valence-corrected chi connectivity index (χ2v) is 5.48. The second-order valence-electron chi connectivity index (χ2n) is 3.33. The molecule has 1 rings (SSSR count). The standard InChI is InChI=1S/C7H15NO4S/c1-12-3-2-8-6-4-13(10,11)5-7(6)9/h6-9H,2-5H2,1H3/p+1/t6-,7+/m0/s1. The van der Waals surface area contributed by atoms with Gasteiger partial charge in [0.05, 0.1) is 18.9 Å². The molecule has 0 aromatic carbocycles. The zero-order valence-corrected chi connectivity index (χ0v) is 8.46. The van der Waals surface area contributed by atoms with Gasteiger partial charge >= 0.3 is 0 Å². The number of ether oxygens (including phenoxy) is 1. The normalized spacial score (nSPS) is 32.2. The lowest BCUT2D eigenvalue weighted by Crippen LogP contribution is -2.93. The van der Waals surface area contributed by atoms with Gasteiger partial charge in [-0.05, 0) is 0 Å². The van der Waals surface area contributed by atoms with E-state index in [0.29, 0.717) is 13.2 Å². The van der Waals surface area contributed by atoms with Gasteiger partial charge in [-0.25, -0.2) is 8.42 Å². The third-order valence-electron chi connectivity index (χ3n) is 2.16. The number of quaternary nitrogens is 1. The number of rotatable bonds is 4. The maximum absolute atomic E-state index is 11.1. The summed E-state index contributed by atoms with van der Waals surface area (Å²) in [4.78, 5) is 0. The minimum atomic E-state index is -3.00. The van der Waals surface area contributed by atoms with Crippen molar-refractivity contribution in [3.05, 3.63) is 0 Å². The van der Waals surface area contributed by atoms with E-state index in [-0.39, 0.29) is 17.5 Å². The SMILES string of the molecule is COCC[NH2+][C@H]1CS(=O)(=O)C[C@H]1O. The fourth-order valence-electron chi connectivity index (χ4n) is 1.48. The van der Waals surface area contributed by atoms with E-state index in [4.69, 9.17) is 4.74 Å². The molecule has 0 amide bonds. The first-order chi connectivity index (χ1) is 6.05. The molecule has 0 radical (unpaired) electrons. The van der Waals surface area contributed by atoms with Crippen LogP contribution in [0.25, 0.3) is 0 Å². The van der Waals surface area contributed by atoms with Crippen LogP contribution in [0.3, 0.4) is 0 Å². The van der Waals surface area contributed by atoms with Crippen LogP contribution in [0.2, 0.25) is 0 Å². The average molecular weight is 210 g/mol. The highest BCUT2D eigenvalue weighted by atomic mass is 32.2. The van der Waals surface area contributed by atoms with Gasteiger partial charge in [-0.2, -0.15) is 0 Å². The Morgan fingerprint density at radius 1 is 1.54 bits per heavy atom. The topological polar surface area (TPSA) is 80.2 Å². The zero-order chi connectivity index (χ0) is 9.90. The summed E-state index contributed by atoms with van der Waals surface area (Å²) in [6.07, 6.45) is -0.721. The summed E-state index contributed by atoms with van der Waals surface area (Å²) in [7, 11) is -1.41. The van der Waals surface area contributed by atoms with Gasteiger partial charge in [-0.1, -0.05) is 0 Å². The Kier molecular flexibility index (Phi) is 3.66. The molecule has 1 fully saturated rings. The van der Waals surface area contributed by atoms with Crippen LogP contribution in [0.5, 0.6) is 0 Å². The molecular weight excluding hydrogens is 194 g/mol. The first kappa shape index (κ1) is 10.9. The number of aliphatic hydroxyl groups is 1. The Balaban J connectivity index is 2.36. The van der Waals surface area contributed by atoms with E-state index in [1.165, 1.54) is 0 Å². The number of nitrogens with two attached hydrogens (primary N) is 1. The third-order valence-corrected chi connectivity index (χ3v) is 3.90. The minimum absolute atomic E-state index is 0.0812. The van der Waals surface area contributed by atoms with E-state index in [1.807, 2.05) is 5.32 Å². The number of hydrogen-bond donors (Lipinski definition) is 2. The van der Waals surface area contributed by atoms with Crippen molar-refractivity contribution in [2.75, 3.05) is 31.8 Å². The van der Waals surface area contributed by atoms with E-state index < -0.39 is 15.9 Å². The molecule has 0 aromatic rings. The van der Waals surface area contributed by atoms with Crippen molar-refractivity contribution >= 4 is 9.84 Å². The van der Waals surface area contributed by atoms with Crippen molar-refractivity contribution in [2.45, 2.75) is 12.1 Å². The number of methoxy groups -OCH3 is 1. The van der Waals surface area contributed by atoms with Crippen molar-refractivity contribution in [2.24, 2.45) is 0 Å². The molecule has 0 spiro atoms. The van der Waals surface area contributed by atoms with Gasteiger partial charge in [0.2, 0.25) is 0 Å². The molecule has 2 atom stereocenters. The van der Waals surface area contributed by atoms with Gasteiger partial charge in [-0.3, -0.25) is 0 Å². The first-order valence-electron chi connectivity index (χ1n) is 4.26. The fourth-order valence-corrected chi connectivity index (χ4v) is 3.33. The van der Waals surface area contributed by atoms with E-state index >= 15 is 0 Å². The minimum Gasteiger partial charge on any atom is -0.386 e. The van der Waals surface area contributed by atoms with Gasteiger partial charge in [-0.15, -0.1) is 0 Å². The number of aliphatic hydroxyl groups excluding tert-OH is 1. The molecule has 13 heavy (non-hydrogen) atoms. The summed E-state index contributed by atoms with van der Waals surface area (Å²) in [5.41, 5.74) is 0. The van der Waals surface area contributed by atoms with Crippen LogP contribution in [-0.4, -0.2) is 57.4 Å². The van der Waals surface area contributed by atoms with E-state index in [2.05, 4.69) is 0 Å². The van der Waals surface area contributed by atoms with Crippen LogP contribution in [0.4, 0.5) is 0 Å². The fraction of sp³-hybridized carbons (Fsp3) is 1.00. The molecule has 0 saturated carbocycles.